The summed E-state index contributed by atoms with van der Waals surface area (Å²) in [7, 11) is 0. The van der Waals surface area contributed by atoms with Crippen LogP contribution >= 0.6 is 31.9 Å². The van der Waals surface area contributed by atoms with Crippen LogP contribution in [0, 0.1) is 5.41 Å². The molecule has 1 saturated carbocycles. The Morgan fingerprint density at radius 3 is 2.50 bits per heavy atom. The molecule has 2 aromatic rings. The normalized spacial score (nSPS) is 34.6. The first-order valence-corrected chi connectivity index (χ1v) is 9.30. The number of alkyl halides is 2. The third kappa shape index (κ3) is 1.35. The summed E-state index contributed by atoms with van der Waals surface area (Å²) in [6, 6.07) is 8.23. The van der Waals surface area contributed by atoms with Crippen molar-refractivity contribution in [3.8, 4) is 0 Å². The van der Waals surface area contributed by atoms with E-state index in [2.05, 4.69) is 50.9 Å². The summed E-state index contributed by atoms with van der Waals surface area (Å²) in [5.74, 6) is 0.534. The van der Waals surface area contributed by atoms with E-state index in [0.29, 0.717) is 5.92 Å². The third-order valence-electron chi connectivity index (χ3n) is 5.61. The van der Waals surface area contributed by atoms with Crippen LogP contribution in [0.25, 0.3) is 11.0 Å². The first-order chi connectivity index (χ1) is 9.66. The maximum Gasteiger partial charge on any atom is 0.0890 e. The second-order valence-electron chi connectivity index (χ2n) is 6.30. The van der Waals surface area contributed by atoms with Gasteiger partial charge in [0.05, 0.1) is 22.4 Å². The minimum atomic E-state index is 0.132. The van der Waals surface area contributed by atoms with Crippen LogP contribution < -0.4 is 0 Å². The van der Waals surface area contributed by atoms with Crippen molar-refractivity contribution in [3.63, 3.8) is 0 Å². The van der Waals surface area contributed by atoms with Crippen LogP contribution in [0.4, 0.5) is 0 Å². The summed E-state index contributed by atoms with van der Waals surface area (Å²) >= 11 is 7.55. The Morgan fingerprint density at radius 1 is 1.15 bits per heavy atom. The molecule has 1 aromatic heterocycles. The van der Waals surface area contributed by atoms with Crippen LogP contribution in [-0.4, -0.2) is 20.6 Å². The maximum absolute atomic E-state index is 5.01. The molecule has 2 bridgehead atoms. The number of rotatable bonds is 2. The van der Waals surface area contributed by atoms with Gasteiger partial charge in [0, 0.05) is 22.0 Å². The van der Waals surface area contributed by atoms with Gasteiger partial charge in [0.2, 0.25) is 0 Å². The minimum Gasteiger partial charge on any atom is -0.249 e. The van der Waals surface area contributed by atoms with E-state index in [1.54, 1.807) is 0 Å². The Balaban J connectivity index is 2.05. The molecule has 4 heteroatoms. The topological polar surface area (TPSA) is 25.8 Å². The highest BCUT2D eigenvalue weighted by molar-refractivity contribution is 9.09. The zero-order chi connectivity index (χ0) is 14.0. The molecule has 2 aliphatic carbocycles. The van der Waals surface area contributed by atoms with Crippen molar-refractivity contribution in [2.24, 2.45) is 5.41 Å². The predicted molar refractivity (Wildman–Crippen MR) is 88.9 cm³/mol. The van der Waals surface area contributed by atoms with Gasteiger partial charge in [-0.15, -0.1) is 0 Å². The van der Waals surface area contributed by atoms with Crippen molar-refractivity contribution in [1.82, 2.24) is 9.97 Å². The van der Waals surface area contributed by atoms with E-state index in [9.17, 15) is 0 Å². The van der Waals surface area contributed by atoms with Crippen LogP contribution in [-0.2, 0) is 5.41 Å². The van der Waals surface area contributed by atoms with Crippen LogP contribution in [0.5, 0.6) is 0 Å². The standard InChI is InChI=1S/C16H16Br2N2/c1-15(8-17)10-6-7-16(15,9-18)14-13(10)19-11-4-2-3-5-12(11)20-14/h2-5,10H,6-9H2,1H3. The molecular weight excluding hydrogens is 380 g/mol. The Morgan fingerprint density at radius 2 is 1.85 bits per heavy atom. The summed E-state index contributed by atoms with van der Waals surface area (Å²) in [4.78, 5) is 9.98. The molecule has 0 amide bonds. The van der Waals surface area contributed by atoms with Crippen LogP contribution in [0.2, 0.25) is 0 Å². The fourth-order valence-corrected chi connectivity index (χ4v) is 6.38. The molecule has 0 aliphatic heterocycles. The fourth-order valence-electron chi connectivity index (χ4n) is 4.27. The number of benzene rings is 1. The van der Waals surface area contributed by atoms with Crippen molar-refractivity contribution < 1.29 is 0 Å². The molecule has 1 fully saturated rings. The van der Waals surface area contributed by atoms with Gasteiger partial charge in [-0.3, -0.25) is 0 Å². The monoisotopic (exact) mass is 394 g/mol. The first-order valence-electron chi connectivity index (χ1n) is 7.05. The largest absolute Gasteiger partial charge is 0.249 e. The second kappa shape index (κ2) is 4.26. The fraction of sp³-hybridized carbons (Fsp3) is 0.500. The Kier molecular flexibility index (Phi) is 2.81. The molecule has 2 aliphatic rings. The summed E-state index contributed by atoms with van der Waals surface area (Å²) in [5.41, 5.74) is 4.89. The molecule has 3 atom stereocenters. The smallest absolute Gasteiger partial charge is 0.0890 e. The zero-order valence-electron chi connectivity index (χ0n) is 11.4. The van der Waals surface area contributed by atoms with Crippen molar-refractivity contribution in [2.45, 2.75) is 31.1 Å². The van der Waals surface area contributed by atoms with E-state index >= 15 is 0 Å². The summed E-state index contributed by atoms with van der Waals surface area (Å²) < 4.78 is 0. The predicted octanol–water partition coefficient (Wildman–Crippen LogP) is 4.55. The van der Waals surface area contributed by atoms with Gasteiger partial charge in [-0.1, -0.05) is 50.9 Å². The quantitative estimate of drug-likeness (QED) is 0.696. The second-order valence-corrected chi connectivity index (χ2v) is 7.43. The number of nitrogens with zero attached hydrogens (tertiary/aromatic N) is 2. The molecule has 104 valence electrons. The van der Waals surface area contributed by atoms with E-state index in [1.807, 2.05) is 12.1 Å². The number of halogens is 2. The van der Waals surface area contributed by atoms with E-state index in [1.165, 1.54) is 24.2 Å². The summed E-state index contributed by atoms with van der Waals surface area (Å²) in [5, 5.41) is 1.98. The molecule has 4 rings (SSSR count). The van der Waals surface area contributed by atoms with Gasteiger partial charge in [0.25, 0.3) is 0 Å². The number of aromatic nitrogens is 2. The number of para-hydroxylation sites is 2. The van der Waals surface area contributed by atoms with E-state index in [4.69, 9.17) is 9.97 Å². The molecule has 2 nitrogen and oxygen atoms in total. The molecular formula is C16H16Br2N2. The third-order valence-corrected chi connectivity index (χ3v) is 7.73. The highest BCUT2D eigenvalue weighted by Crippen LogP contribution is 2.68. The van der Waals surface area contributed by atoms with Crippen molar-refractivity contribution in [3.05, 3.63) is 35.7 Å². The van der Waals surface area contributed by atoms with Crippen molar-refractivity contribution >= 4 is 42.9 Å². The number of fused-ring (bicyclic) bond motifs is 6. The van der Waals surface area contributed by atoms with Gasteiger partial charge in [0.1, 0.15) is 0 Å². The van der Waals surface area contributed by atoms with Gasteiger partial charge >= 0.3 is 0 Å². The molecule has 0 radical (unpaired) electrons. The SMILES string of the molecule is CC1(CBr)C2CCC1(CBr)c1nc3ccccc3nc12. The van der Waals surface area contributed by atoms with Gasteiger partial charge in [-0.25, -0.2) is 9.97 Å². The lowest BCUT2D eigenvalue weighted by Crippen LogP contribution is -2.40. The first kappa shape index (κ1) is 13.2. The highest BCUT2D eigenvalue weighted by atomic mass is 79.9. The molecule has 0 spiro atoms. The summed E-state index contributed by atoms with van der Waals surface area (Å²) in [6.45, 7) is 2.40. The maximum atomic E-state index is 5.01. The van der Waals surface area contributed by atoms with Gasteiger partial charge in [0.15, 0.2) is 0 Å². The lowest BCUT2D eigenvalue weighted by molar-refractivity contribution is 0.243. The van der Waals surface area contributed by atoms with Gasteiger partial charge < -0.3 is 0 Å². The lowest BCUT2D eigenvalue weighted by atomic mass is 9.70. The van der Waals surface area contributed by atoms with Crippen molar-refractivity contribution in [1.29, 1.82) is 0 Å². The van der Waals surface area contributed by atoms with Crippen LogP contribution in [0.3, 0.4) is 0 Å². The van der Waals surface area contributed by atoms with Gasteiger partial charge in [-0.05, 0) is 30.4 Å². The molecule has 0 N–H and O–H groups in total. The van der Waals surface area contributed by atoms with Crippen LogP contribution in [0.1, 0.15) is 37.1 Å². The zero-order valence-corrected chi connectivity index (χ0v) is 14.5. The van der Waals surface area contributed by atoms with Crippen molar-refractivity contribution in [2.75, 3.05) is 10.7 Å². The van der Waals surface area contributed by atoms with Crippen LogP contribution in [0.15, 0.2) is 24.3 Å². The highest BCUT2D eigenvalue weighted by Gasteiger charge is 2.65. The van der Waals surface area contributed by atoms with Gasteiger partial charge in [-0.2, -0.15) is 0 Å². The number of hydrogen-bond acceptors (Lipinski definition) is 2. The molecule has 1 heterocycles. The molecule has 0 saturated heterocycles. The van der Waals surface area contributed by atoms with E-state index < -0.39 is 0 Å². The average molecular weight is 396 g/mol. The van der Waals surface area contributed by atoms with E-state index in [-0.39, 0.29) is 10.8 Å². The van der Waals surface area contributed by atoms with E-state index in [0.717, 1.165) is 21.7 Å². The Bertz CT molecular complexity index is 702. The Hall–Kier alpha value is -0.480. The lowest BCUT2D eigenvalue weighted by Gasteiger charge is -2.38. The average Bonchev–Trinajstić information content (AvgIpc) is 2.90. The minimum absolute atomic E-state index is 0.132. The Labute approximate surface area is 135 Å². The molecule has 1 aromatic carbocycles. The molecule has 20 heavy (non-hydrogen) atoms. The number of hydrogen-bond donors (Lipinski definition) is 0. The summed E-state index contributed by atoms with van der Waals surface area (Å²) in [6.07, 6.45) is 2.44. The molecule has 3 unspecified atom stereocenters.